The Morgan fingerprint density at radius 3 is 2.82 bits per heavy atom. The molecule has 0 saturated carbocycles. The predicted molar refractivity (Wildman–Crippen MR) is 62.8 cm³/mol. The van der Waals surface area contributed by atoms with Crippen LogP contribution in [0, 0.1) is 0 Å². The Bertz CT molecular complexity index is 453. The normalized spacial score (nSPS) is 27.1. The van der Waals surface area contributed by atoms with Gasteiger partial charge in [-0.2, -0.15) is 0 Å². The van der Waals surface area contributed by atoms with Crippen molar-refractivity contribution in [1.29, 1.82) is 0 Å². The fraction of sp³-hybridized carbons (Fsp3) is 0.500. The van der Waals surface area contributed by atoms with E-state index in [1.165, 1.54) is 5.56 Å². The third-order valence-corrected chi connectivity index (χ3v) is 3.53. The maximum absolute atomic E-state index is 12.2. The summed E-state index contributed by atoms with van der Waals surface area (Å²) in [6.45, 7) is 3.31. The predicted octanol–water partition coefficient (Wildman–Crippen LogP) is 2.47. The number of ether oxygens (including phenoxy) is 2. The minimum Gasteiger partial charge on any atom is -0.372 e. The molecule has 90 valence electrons. The number of benzene rings is 1. The Hall–Kier alpha value is -1.19. The van der Waals surface area contributed by atoms with Gasteiger partial charge in [-0.15, -0.1) is 0 Å². The van der Waals surface area contributed by atoms with Gasteiger partial charge in [-0.05, 0) is 37.0 Å². The Kier molecular flexibility index (Phi) is 2.73. The van der Waals surface area contributed by atoms with E-state index in [0.717, 1.165) is 24.0 Å². The fourth-order valence-electron chi connectivity index (χ4n) is 2.51. The molecule has 2 unspecified atom stereocenters. The molecule has 0 aromatic heterocycles. The first-order valence-corrected chi connectivity index (χ1v) is 6.13. The van der Waals surface area contributed by atoms with E-state index in [2.05, 4.69) is 0 Å². The van der Waals surface area contributed by atoms with Gasteiger partial charge in [0.2, 0.25) is 0 Å². The molecule has 0 N–H and O–H groups in total. The second kappa shape index (κ2) is 4.24. The number of Topliss-reactive ketones (excluding diaryl/α,β-unsaturated/α-hetero) is 1. The van der Waals surface area contributed by atoms with E-state index in [1.54, 1.807) is 0 Å². The average Bonchev–Trinajstić information content (AvgIpc) is 2.95. The molecule has 1 aromatic carbocycles. The summed E-state index contributed by atoms with van der Waals surface area (Å²) in [7, 11) is 0. The maximum Gasteiger partial charge on any atom is 0.191 e. The summed E-state index contributed by atoms with van der Waals surface area (Å²) >= 11 is 0. The van der Waals surface area contributed by atoms with E-state index in [-0.39, 0.29) is 18.0 Å². The van der Waals surface area contributed by atoms with Crippen LogP contribution in [0.15, 0.2) is 18.2 Å². The van der Waals surface area contributed by atoms with Crippen molar-refractivity contribution in [2.45, 2.75) is 45.2 Å². The molecule has 1 fully saturated rings. The van der Waals surface area contributed by atoms with Gasteiger partial charge in [0, 0.05) is 5.56 Å². The summed E-state index contributed by atoms with van der Waals surface area (Å²) in [5.74, 6) is 0.115. The lowest BCUT2D eigenvalue weighted by Gasteiger charge is -2.10. The van der Waals surface area contributed by atoms with Crippen molar-refractivity contribution < 1.29 is 14.3 Å². The lowest BCUT2D eigenvalue weighted by molar-refractivity contribution is 0.0433. The van der Waals surface area contributed by atoms with Gasteiger partial charge in [0.1, 0.15) is 6.10 Å². The molecular formula is C14H16O3. The standard InChI is InChI=1S/C14H16O3/c1-9-2-5-13(17-9)14(15)10-3-4-11-7-16-8-12(11)6-10/h3-4,6,9,13H,2,5,7-8H2,1H3. The monoisotopic (exact) mass is 232 g/mol. The number of hydrogen-bond acceptors (Lipinski definition) is 3. The first kappa shape index (κ1) is 10.9. The van der Waals surface area contributed by atoms with Crippen LogP contribution in [-0.4, -0.2) is 18.0 Å². The molecule has 1 aromatic rings. The highest BCUT2D eigenvalue weighted by Crippen LogP contribution is 2.25. The van der Waals surface area contributed by atoms with Crippen LogP contribution in [-0.2, 0) is 22.7 Å². The zero-order chi connectivity index (χ0) is 11.8. The summed E-state index contributed by atoms with van der Waals surface area (Å²) in [6, 6.07) is 5.84. The third-order valence-electron chi connectivity index (χ3n) is 3.53. The smallest absolute Gasteiger partial charge is 0.191 e. The number of fused-ring (bicyclic) bond motifs is 1. The lowest BCUT2D eigenvalue weighted by Crippen LogP contribution is -2.20. The van der Waals surface area contributed by atoms with Crippen molar-refractivity contribution in [3.05, 3.63) is 34.9 Å². The third kappa shape index (κ3) is 2.01. The molecule has 2 heterocycles. The summed E-state index contributed by atoms with van der Waals surface area (Å²) in [6.07, 6.45) is 1.78. The van der Waals surface area contributed by atoms with Gasteiger partial charge < -0.3 is 9.47 Å². The van der Waals surface area contributed by atoms with Gasteiger partial charge in [0.25, 0.3) is 0 Å². The number of carbonyl (C=O) groups excluding carboxylic acids is 1. The van der Waals surface area contributed by atoms with E-state index < -0.39 is 0 Å². The van der Waals surface area contributed by atoms with Gasteiger partial charge in [-0.1, -0.05) is 12.1 Å². The molecule has 3 rings (SSSR count). The Labute approximate surface area is 101 Å². The topological polar surface area (TPSA) is 35.5 Å². The van der Waals surface area contributed by atoms with Crippen molar-refractivity contribution in [1.82, 2.24) is 0 Å². The highest BCUT2D eigenvalue weighted by atomic mass is 16.5. The zero-order valence-electron chi connectivity index (χ0n) is 9.94. The van der Waals surface area contributed by atoms with Crippen LogP contribution < -0.4 is 0 Å². The highest BCUT2D eigenvalue weighted by Gasteiger charge is 2.29. The SMILES string of the molecule is CC1CCC(C(=O)c2ccc3c(c2)COC3)O1. The molecule has 1 saturated heterocycles. The van der Waals surface area contributed by atoms with Crippen molar-refractivity contribution in [3.8, 4) is 0 Å². The van der Waals surface area contributed by atoms with Crippen LogP contribution in [0.2, 0.25) is 0 Å². The Morgan fingerprint density at radius 2 is 2.06 bits per heavy atom. The molecule has 0 radical (unpaired) electrons. The van der Waals surface area contributed by atoms with E-state index in [4.69, 9.17) is 9.47 Å². The quantitative estimate of drug-likeness (QED) is 0.735. The van der Waals surface area contributed by atoms with E-state index >= 15 is 0 Å². The molecule has 3 heteroatoms. The summed E-state index contributed by atoms with van der Waals surface area (Å²) in [4.78, 5) is 12.2. The summed E-state index contributed by atoms with van der Waals surface area (Å²) in [5, 5.41) is 0. The minimum atomic E-state index is -0.245. The highest BCUT2D eigenvalue weighted by molar-refractivity contribution is 5.99. The average molecular weight is 232 g/mol. The van der Waals surface area contributed by atoms with Gasteiger partial charge in [-0.25, -0.2) is 0 Å². The molecule has 3 nitrogen and oxygen atoms in total. The van der Waals surface area contributed by atoms with Crippen LogP contribution >= 0.6 is 0 Å². The van der Waals surface area contributed by atoms with E-state index in [9.17, 15) is 4.79 Å². The molecule has 17 heavy (non-hydrogen) atoms. The van der Waals surface area contributed by atoms with E-state index in [0.29, 0.717) is 13.2 Å². The van der Waals surface area contributed by atoms with Gasteiger partial charge in [-0.3, -0.25) is 4.79 Å². The van der Waals surface area contributed by atoms with Crippen LogP contribution in [0.3, 0.4) is 0 Å². The van der Waals surface area contributed by atoms with Crippen LogP contribution in [0.1, 0.15) is 41.3 Å². The van der Waals surface area contributed by atoms with Gasteiger partial charge in [0.05, 0.1) is 19.3 Å². The first-order chi connectivity index (χ1) is 8.24. The number of ketones is 1. The van der Waals surface area contributed by atoms with E-state index in [1.807, 2.05) is 25.1 Å². The summed E-state index contributed by atoms with van der Waals surface area (Å²) < 4.78 is 11.0. The molecule has 2 aliphatic rings. The van der Waals surface area contributed by atoms with Crippen molar-refractivity contribution in [2.75, 3.05) is 0 Å². The van der Waals surface area contributed by atoms with Crippen LogP contribution in [0.4, 0.5) is 0 Å². The minimum absolute atomic E-state index is 0.115. The Morgan fingerprint density at radius 1 is 1.24 bits per heavy atom. The zero-order valence-corrected chi connectivity index (χ0v) is 9.94. The maximum atomic E-state index is 12.2. The Balaban J connectivity index is 1.82. The first-order valence-electron chi connectivity index (χ1n) is 6.13. The molecule has 2 aliphatic heterocycles. The van der Waals surface area contributed by atoms with Gasteiger partial charge in [0.15, 0.2) is 5.78 Å². The number of carbonyl (C=O) groups is 1. The van der Waals surface area contributed by atoms with Crippen molar-refractivity contribution in [3.63, 3.8) is 0 Å². The van der Waals surface area contributed by atoms with Crippen molar-refractivity contribution >= 4 is 5.78 Å². The fourth-order valence-corrected chi connectivity index (χ4v) is 2.51. The molecule has 0 bridgehead atoms. The molecular weight excluding hydrogens is 216 g/mol. The molecule has 0 aliphatic carbocycles. The van der Waals surface area contributed by atoms with Crippen LogP contribution in [0.5, 0.6) is 0 Å². The number of hydrogen-bond donors (Lipinski definition) is 0. The van der Waals surface area contributed by atoms with Crippen LogP contribution in [0.25, 0.3) is 0 Å². The summed E-state index contributed by atoms with van der Waals surface area (Å²) in [5.41, 5.74) is 3.09. The molecule has 0 spiro atoms. The second-order valence-electron chi connectivity index (χ2n) is 4.85. The largest absolute Gasteiger partial charge is 0.372 e. The van der Waals surface area contributed by atoms with Crippen molar-refractivity contribution in [2.24, 2.45) is 0 Å². The molecule has 2 atom stereocenters. The number of rotatable bonds is 2. The molecule has 0 amide bonds. The van der Waals surface area contributed by atoms with Gasteiger partial charge >= 0.3 is 0 Å². The second-order valence-corrected chi connectivity index (χ2v) is 4.85. The lowest BCUT2D eigenvalue weighted by atomic mass is 10.00.